The second-order valence-corrected chi connectivity index (χ2v) is 4.32. The van der Waals surface area contributed by atoms with Crippen LogP contribution in [0.5, 0.6) is 17.2 Å². The van der Waals surface area contributed by atoms with Crippen LogP contribution in [0.1, 0.15) is 20.3 Å². The number of benzene rings is 1. The van der Waals surface area contributed by atoms with Gasteiger partial charge in [-0.1, -0.05) is 19.9 Å². The Kier molecular flexibility index (Phi) is 6.70. The molecule has 4 atom stereocenters. The van der Waals surface area contributed by atoms with Crippen molar-refractivity contribution in [2.45, 2.75) is 44.9 Å². The maximum atomic E-state index is 9.62. The minimum absolute atomic E-state index is 0.00900. The molecule has 1 fully saturated rings. The fourth-order valence-corrected chi connectivity index (χ4v) is 1.89. The third kappa shape index (κ3) is 4.21. The van der Waals surface area contributed by atoms with Gasteiger partial charge in [0.15, 0.2) is 11.5 Å². The lowest BCUT2D eigenvalue weighted by molar-refractivity contribution is -0.230. The van der Waals surface area contributed by atoms with Crippen LogP contribution < -0.4 is 4.74 Å². The van der Waals surface area contributed by atoms with Crippen LogP contribution in [0, 0.1) is 0 Å². The molecule has 1 heterocycles. The molecule has 1 aliphatic heterocycles. The molecule has 1 aliphatic rings. The van der Waals surface area contributed by atoms with Gasteiger partial charge in [-0.05, 0) is 12.1 Å². The summed E-state index contributed by atoms with van der Waals surface area (Å²) in [4.78, 5) is 0. The number of phenols is 2. The first-order valence-corrected chi connectivity index (χ1v) is 6.83. The molecule has 7 nitrogen and oxygen atoms in total. The highest BCUT2D eigenvalue weighted by Crippen LogP contribution is 2.36. The third-order valence-electron chi connectivity index (χ3n) is 2.95. The molecule has 5 N–H and O–H groups in total. The minimum atomic E-state index is -1.19. The van der Waals surface area contributed by atoms with E-state index in [1.54, 1.807) is 0 Å². The molecule has 1 saturated heterocycles. The first kappa shape index (κ1) is 17.5. The van der Waals surface area contributed by atoms with E-state index in [2.05, 4.69) is 0 Å². The zero-order chi connectivity index (χ0) is 16.0. The van der Waals surface area contributed by atoms with Crippen molar-refractivity contribution in [3.8, 4) is 17.2 Å². The molecule has 7 heteroatoms. The first-order chi connectivity index (χ1) is 10.0. The average Bonchev–Trinajstić information content (AvgIpc) is 2.49. The summed E-state index contributed by atoms with van der Waals surface area (Å²) in [6, 6.07) is 4.19. The van der Waals surface area contributed by atoms with Gasteiger partial charge >= 0.3 is 0 Å². The van der Waals surface area contributed by atoms with Gasteiger partial charge in [-0.15, -0.1) is 0 Å². The van der Waals surface area contributed by atoms with Crippen molar-refractivity contribution in [1.82, 2.24) is 0 Å². The Morgan fingerprint density at radius 2 is 1.90 bits per heavy atom. The SMILES string of the molecule is CC.OC[C@H]1O[C@@H](Oc2cccc(O)c2O)C[C@@H](O)[C@H]1O. The number of aliphatic hydroxyl groups is 3. The predicted molar refractivity (Wildman–Crippen MR) is 74.1 cm³/mol. The molecule has 0 bridgehead atoms. The second kappa shape index (κ2) is 8.04. The number of hydrogen-bond acceptors (Lipinski definition) is 7. The number of aromatic hydroxyl groups is 2. The highest BCUT2D eigenvalue weighted by molar-refractivity contribution is 5.48. The zero-order valence-corrected chi connectivity index (χ0v) is 12.0. The Morgan fingerprint density at radius 1 is 1.24 bits per heavy atom. The third-order valence-corrected chi connectivity index (χ3v) is 2.95. The van der Waals surface area contributed by atoms with Crippen LogP contribution in [-0.2, 0) is 4.74 Å². The molecule has 0 spiro atoms. The van der Waals surface area contributed by atoms with E-state index >= 15 is 0 Å². The monoisotopic (exact) mass is 302 g/mol. The largest absolute Gasteiger partial charge is 0.504 e. The Labute approximate surface area is 123 Å². The van der Waals surface area contributed by atoms with E-state index in [1.807, 2.05) is 13.8 Å². The quantitative estimate of drug-likeness (QED) is 0.510. The van der Waals surface area contributed by atoms with Gasteiger partial charge in [0.1, 0.15) is 12.2 Å². The van der Waals surface area contributed by atoms with Gasteiger partial charge in [0.05, 0.1) is 12.7 Å². The molecule has 2 rings (SSSR count). The molecule has 0 amide bonds. The van der Waals surface area contributed by atoms with Gasteiger partial charge in [0, 0.05) is 6.42 Å². The maximum Gasteiger partial charge on any atom is 0.203 e. The zero-order valence-electron chi connectivity index (χ0n) is 12.0. The summed E-state index contributed by atoms with van der Waals surface area (Å²) in [5, 5.41) is 47.1. The summed E-state index contributed by atoms with van der Waals surface area (Å²) in [6.45, 7) is 3.53. The Hall–Kier alpha value is -1.54. The van der Waals surface area contributed by atoms with Crippen molar-refractivity contribution < 1.29 is 35.0 Å². The molecule has 1 aromatic rings. The van der Waals surface area contributed by atoms with E-state index in [0.717, 1.165) is 0 Å². The summed E-state index contributed by atoms with van der Waals surface area (Å²) >= 11 is 0. The van der Waals surface area contributed by atoms with E-state index in [1.165, 1.54) is 18.2 Å². The molecule has 0 unspecified atom stereocenters. The lowest BCUT2D eigenvalue weighted by Crippen LogP contribution is -2.51. The lowest BCUT2D eigenvalue weighted by atomic mass is 10.0. The molecule has 0 radical (unpaired) electrons. The van der Waals surface area contributed by atoms with Crippen molar-refractivity contribution in [1.29, 1.82) is 0 Å². The van der Waals surface area contributed by atoms with E-state index in [0.29, 0.717) is 0 Å². The summed E-state index contributed by atoms with van der Waals surface area (Å²) in [6.07, 6.45) is -4.22. The summed E-state index contributed by atoms with van der Waals surface area (Å²) in [5.74, 6) is -0.787. The molecule has 0 aliphatic carbocycles. The number of ether oxygens (including phenoxy) is 2. The molecule has 21 heavy (non-hydrogen) atoms. The maximum absolute atomic E-state index is 9.62. The van der Waals surface area contributed by atoms with Crippen LogP contribution in [0.15, 0.2) is 18.2 Å². The Morgan fingerprint density at radius 3 is 2.52 bits per heavy atom. The van der Waals surface area contributed by atoms with E-state index in [9.17, 15) is 20.4 Å². The number of para-hydroxylation sites is 1. The van der Waals surface area contributed by atoms with Gasteiger partial charge in [-0.3, -0.25) is 0 Å². The van der Waals surface area contributed by atoms with Crippen LogP contribution in [-0.4, -0.2) is 56.7 Å². The second-order valence-electron chi connectivity index (χ2n) is 4.32. The summed E-state index contributed by atoms with van der Waals surface area (Å²) in [7, 11) is 0. The Bertz CT molecular complexity index is 437. The van der Waals surface area contributed by atoms with Crippen molar-refractivity contribution in [3.63, 3.8) is 0 Å². The highest BCUT2D eigenvalue weighted by Gasteiger charge is 2.37. The summed E-state index contributed by atoms with van der Waals surface area (Å²) < 4.78 is 10.5. The van der Waals surface area contributed by atoms with Gasteiger partial charge < -0.3 is 35.0 Å². The standard InChI is InChI=1S/C12H16O7.C2H6/c13-5-9-12(17)7(15)4-10(19-9)18-8-3-1-2-6(14)11(8)16;1-2/h1-3,7,9-10,12-17H,4-5H2;1-2H3/t7-,9-,10-,12-;/m1./s1. The van der Waals surface area contributed by atoms with Crippen molar-refractivity contribution in [3.05, 3.63) is 18.2 Å². The van der Waals surface area contributed by atoms with Gasteiger partial charge in [0.2, 0.25) is 12.0 Å². The van der Waals surface area contributed by atoms with Gasteiger partial charge in [-0.2, -0.15) is 0 Å². The van der Waals surface area contributed by atoms with Crippen molar-refractivity contribution in [2.75, 3.05) is 6.61 Å². The topological polar surface area (TPSA) is 120 Å². The smallest absolute Gasteiger partial charge is 0.203 e. The number of rotatable bonds is 3. The van der Waals surface area contributed by atoms with E-state index < -0.39 is 37.0 Å². The van der Waals surface area contributed by atoms with Crippen LogP contribution >= 0.6 is 0 Å². The Balaban J connectivity index is 0.00000106. The van der Waals surface area contributed by atoms with Crippen LogP contribution in [0.4, 0.5) is 0 Å². The van der Waals surface area contributed by atoms with Crippen molar-refractivity contribution in [2.24, 2.45) is 0 Å². The normalized spacial score (nSPS) is 28.4. The lowest BCUT2D eigenvalue weighted by Gasteiger charge is -2.36. The molecule has 0 aromatic heterocycles. The first-order valence-electron chi connectivity index (χ1n) is 6.83. The summed E-state index contributed by atoms with van der Waals surface area (Å²) in [5.41, 5.74) is 0. The van der Waals surface area contributed by atoms with Gasteiger partial charge in [0.25, 0.3) is 0 Å². The fraction of sp³-hybridized carbons (Fsp3) is 0.571. The van der Waals surface area contributed by atoms with Crippen LogP contribution in [0.25, 0.3) is 0 Å². The number of aliphatic hydroxyl groups excluding tert-OH is 3. The van der Waals surface area contributed by atoms with Crippen molar-refractivity contribution >= 4 is 0 Å². The van der Waals surface area contributed by atoms with Crippen LogP contribution in [0.3, 0.4) is 0 Å². The average molecular weight is 302 g/mol. The number of phenolic OH excluding ortho intramolecular Hbond substituents is 2. The highest BCUT2D eigenvalue weighted by atomic mass is 16.7. The minimum Gasteiger partial charge on any atom is -0.504 e. The number of hydrogen-bond donors (Lipinski definition) is 5. The van der Waals surface area contributed by atoms with Gasteiger partial charge in [-0.25, -0.2) is 0 Å². The molecule has 120 valence electrons. The molecule has 1 aromatic carbocycles. The molecule has 0 saturated carbocycles. The van der Waals surface area contributed by atoms with Crippen LogP contribution in [0.2, 0.25) is 0 Å². The molecular weight excluding hydrogens is 280 g/mol. The van der Waals surface area contributed by atoms with E-state index in [4.69, 9.17) is 14.6 Å². The predicted octanol–water partition coefficient (Wildman–Crippen LogP) is 0.332. The fourth-order valence-electron chi connectivity index (χ4n) is 1.89. The molecular formula is C14H22O7. The van der Waals surface area contributed by atoms with E-state index in [-0.39, 0.29) is 17.9 Å².